The van der Waals surface area contributed by atoms with Crippen molar-refractivity contribution in [2.24, 2.45) is 5.92 Å². The van der Waals surface area contributed by atoms with Gasteiger partial charge in [-0.1, -0.05) is 48.6 Å². The summed E-state index contributed by atoms with van der Waals surface area (Å²) in [6, 6.07) is 15.6. The summed E-state index contributed by atoms with van der Waals surface area (Å²) < 4.78 is 27.8. The molecule has 0 N–H and O–H groups in total. The number of anilines is 2. The zero-order valence-electron chi connectivity index (χ0n) is 17.8. The van der Waals surface area contributed by atoms with E-state index in [4.69, 9.17) is 4.98 Å². The normalized spacial score (nSPS) is 17.7. The Morgan fingerprint density at radius 1 is 1.19 bits per heavy atom. The van der Waals surface area contributed by atoms with Gasteiger partial charge in [0.25, 0.3) is 0 Å². The van der Waals surface area contributed by atoms with E-state index in [0.717, 1.165) is 21.5 Å². The van der Waals surface area contributed by atoms with Gasteiger partial charge in [-0.05, 0) is 49.9 Å². The first kappa shape index (κ1) is 21.9. The van der Waals surface area contributed by atoms with Crippen LogP contribution in [-0.2, 0) is 14.8 Å². The van der Waals surface area contributed by atoms with E-state index in [1.807, 2.05) is 62.4 Å². The third-order valence-electron chi connectivity index (χ3n) is 5.64. The molecule has 1 aromatic heterocycles. The van der Waals surface area contributed by atoms with E-state index >= 15 is 0 Å². The second-order valence-corrected chi connectivity index (χ2v) is 11.0. The number of aryl methyl sites for hydroxylation is 1. The molecule has 0 aliphatic carbocycles. The highest BCUT2D eigenvalue weighted by Crippen LogP contribution is 2.37. The second-order valence-electron chi connectivity index (χ2n) is 7.94. The fourth-order valence-corrected chi connectivity index (χ4v) is 6.63. The molecule has 1 aliphatic rings. The quantitative estimate of drug-likeness (QED) is 0.537. The lowest BCUT2D eigenvalue weighted by Gasteiger charge is -2.34. The van der Waals surface area contributed by atoms with Gasteiger partial charge in [0.2, 0.25) is 15.9 Å². The minimum absolute atomic E-state index is 0.0928. The van der Waals surface area contributed by atoms with Crippen LogP contribution >= 0.6 is 11.3 Å². The molecule has 31 heavy (non-hydrogen) atoms. The van der Waals surface area contributed by atoms with Crippen molar-refractivity contribution in [3.8, 4) is 0 Å². The highest BCUT2D eigenvalue weighted by atomic mass is 32.2. The zero-order valence-corrected chi connectivity index (χ0v) is 19.5. The zero-order chi connectivity index (χ0) is 22.0. The molecule has 0 spiro atoms. The van der Waals surface area contributed by atoms with Gasteiger partial charge in [-0.2, -0.15) is 0 Å². The summed E-state index contributed by atoms with van der Waals surface area (Å²) in [6.45, 7) is 4.55. The maximum absolute atomic E-state index is 13.8. The Bertz CT molecular complexity index is 1160. The van der Waals surface area contributed by atoms with Crippen molar-refractivity contribution in [3.05, 3.63) is 54.1 Å². The van der Waals surface area contributed by atoms with Crippen molar-refractivity contribution in [2.75, 3.05) is 23.7 Å². The van der Waals surface area contributed by atoms with Gasteiger partial charge in [0.15, 0.2) is 5.13 Å². The molecular weight excluding hydrogens is 430 g/mol. The Morgan fingerprint density at radius 2 is 1.94 bits per heavy atom. The highest BCUT2D eigenvalue weighted by molar-refractivity contribution is 7.89. The number of carbonyl (C=O) groups excluding carboxylic acids is 1. The first-order valence-corrected chi connectivity index (χ1v) is 13.1. The number of hydrogen-bond donors (Lipinski definition) is 0. The number of hydrogen-bond acceptors (Lipinski definition) is 5. The molecule has 6 nitrogen and oxygen atoms in total. The molecule has 1 unspecified atom stereocenters. The summed E-state index contributed by atoms with van der Waals surface area (Å²) in [5, 5.41) is 0.619. The minimum atomic E-state index is -3.33. The van der Waals surface area contributed by atoms with E-state index in [9.17, 15) is 13.2 Å². The summed E-state index contributed by atoms with van der Waals surface area (Å²) in [7, 11) is -3.33. The SMILES string of the molecule is CCCS(=O)(=O)N1CCCC(C(=O)N(c2nc3ccccc3s2)c2ccccc2C)C1. The largest absolute Gasteiger partial charge is 0.274 e. The van der Waals surface area contributed by atoms with Gasteiger partial charge in [0, 0.05) is 13.1 Å². The van der Waals surface area contributed by atoms with Gasteiger partial charge >= 0.3 is 0 Å². The molecule has 4 rings (SSSR count). The van der Waals surface area contributed by atoms with E-state index < -0.39 is 15.9 Å². The number of carbonyl (C=O) groups is 1. The molecule has 1 amide bonds. The predicted octanol–water partition coefficient (Wildman–Crippen LogP) is 4.72. The average molecular weight is 458 g/mol. The Labute approximate surface area is 187 Å². The Balaban J connectivity index is 1.71. The van der Waals surface area contributed by atoms with Crippen molar-refractivity contribution in [1.82, 2.24) is 9.29 Å². The molecule has 164 valence electrons. The molecule has 3 aromatic rings. The highest BCUT2D eigenvalue weighted by Gasteiger charge is 2.36. The van der Waals surface area contributed by atoms with Crippen molar-refractivity contribution < 1.29 is 13.2 Å². The van der Waals surface area contributed by atoms with E-state index in [0.29, 0.717) is 30.9 Å². The van der Waals surface area contributed by atoms with Crippen molar-refractivity contribution >= 4 is 48.3 Å². The van der Waals surface area contributed by atoms with Crippen molar-refractivity contribution in [3.63, 3.8) is 0 Å². The van der Waals surface area contributed by atoms with Gasteiger partial charge in [-0.3, -0.25) is 9.69 Å². The standard InChI is InChI=1S/C23H27N3O3S2/c1-3-15-31(28,29)25-14-8-10-18(16-25)22(27)26(20-12-6-4-9-17(20)2)23-24-19-11-5-7-13-21(19)30-23/h4-7,9,11-13,18H,3,8,10,14-16H2,1-2H3. The minimum Gasteiger partial charge on any atom is -0.274 e. The molecule has 2 aromatic carbocycles. The number of rotatable bonds is 6. The average Bonchev–Trinajstić information content (AvgIpc) is 3.19. The summed E-state index contributed by atoms with van der Waals surface area (Å²) in [4.78, 5) is 20.3. The maximum atomic E-state index is 13.8. The fraction of sp³-hybridized carbons (Fsp3) is 0.391. The number of aromatic nitrogens is 1. The summed E-state index contributed by atoms with van der Waals surface area (Å²) in [5.74, 6) is -0.371. The summed E-state index contributed by atoms with van der Waals surface area (Å²) in [6.07, 6.45) is 1.92. The lowest BCUT2D eigenvalue weighted by Crippen LogP contribution is -2.46. The monoisotopic (exact) mass is 457 g/mol. The van der Waals surface area contributed by atoms with Crippen LogP contribution in [0, 0.1) is 12.8 Å². The molecule has 1 atom stereocenters. The van der Waals surface area contributed by atoms with Crippen LogP contribution < -0.4 is 4.90 Å². The first-order chi connectivity index (χ1) is 14.9. The molecule has 8 heteroatoms. The number of thiazole rings is 1. The number of nitrogens with zero attached hydrogens (tertiary/aromatic N) is 3. The summed E-state index contributed by atoms with van der Waals surface area (Å²) >= 11 is 1.48. The number of fused-ring (bicyclic) bond motifs is 1. The van der Waals surface area contributed by atoms with E-state index in [-0.39, 0.29) is 18.2 Å². The Morgan fingerprint density at radius 3 is 2.68 bits per heavy atom. The van der Waals surface area contributed by atoms with Crippen molar-refractivity contribution in [1.29, 1.82) is 0 Å². The molecule has 1 aliphatic heterocycles. The van der Waals surface area contributed by atoms with Crippen LogP contribution in [0.5, 0.6) is 0 Å². The number of sulfonamides is 1. The fourth-order valence-electron chi connectivity index (χ4n) is 4.05. The number of benzene rings is 2. The molecular formula is C23H27N3O3S2. The Kier molecular flexibility index (Phi) is 6.41. The molecule has 0 bridgehead atoms. The lowest BCUT2D eigenvalue weighted by molar-refractivity contribution is -0.122. The number of para-hydroxylation sites is 2. The predicted molar refractivity (Wildman–Crippen MR) is 126 cm³/mol. The van der Waals surface area contributed by atoms with E-state index in [1.165, 1.54) is 15.6 Å². The molecule has 2 heterocycles. The smallest absolute Gasteiger partial charge is 0.237 e. The molecule has 1 fully saturated rings. The molecule has 1 saturated heterocycles. The van der Waals surface area contributed by atoms with Crippen LogP contribution in [0.4, 0.5) is 10.8 Å². The number of amides is 1. The topological polar surface area (TPSA) is 70.6 Å². The lowest BCUT2D eigenvalue weighted by atomic mass is 9.97. The van der Waals surface area contributed by atoms with Gasteiger partial charge in [-0.15, -0.1) is 0 Å². The first-order valence-electron chi connectivity index (χ1n) is 10.6. The molecule has 0 radical (unpaired) electrons. The van der Waals surface area contributed by atoms with Crippen LogP contribution in [0.2, 0.25) is 0 Å². The van der Waals surface area contributed by atoms with Crippen LogP contribution in [0.3, 0.4) is 0 Å². The van der Waals surface area contributed by atoms with E-state index in [1.54, 1.807) is 4.90 Å². The van der Waals surface area contributed by atoms with Crippen LogP contribution in [-0.4, -0.2) is 42.5 Å². The van der Waals surface area contributed by atoms with Crippen LogP contribution in [0.15, 0.2) is 48.5 Å². The number of piperidine rings is 1. The van der Waals surface area contributed by atoms with Gasteiger partial charge in [-0.25, -0.2) is 17.7 Å². The summed E-state index contributed by atoms with van der Waals surface area (Å²) in [5.41, 5.74) is 2.62. The van der Waals surface area contributed by atoms with E-state index in [2.05, 4.69) is 0 Å². The van der Waals surface area contributed by atoms with Crippen LogP contribution in [0.1, 0.15) is 31.7 Å². The van der Waals surface area contributed by atoms with Gasteiger partial charge < -0.3 is 0 Å². The third kappa shape index (κ3) is 4.51. The van der Waals surface area contributed by atoms with Crippen molar-refractivity contribution in [2.45, 2.75) is 33.1 Å². The second kappa shape index (κ2) is 9.06. The van der Waals surface area contributed by atoms with Gasteiger partial charge in [0.05, 0.1) is 27.6 Å². The third-order valence-corrected chi connectivity index (χ3v) is 8.70. The van der Waals surface area contributed by atoms with Crippen LogP contribution in [0.25, 0.3) is 10.2 Å². The Hall–Kier alpha value is -2.29. The van der Waals surface area contributed by atoms with Gasteiger partial charge in [0.1, 0.15) is 0 Å². The molecule has 0 saturated carbocycles. The maximum Gasteiger partial charge on any atom is 0.237 e.